The molecular formula is C14H22N2O2. The van der Waals surface area contributed by atoms with Gasteiger partial charge in [-0.2, -0.15) is 0 Å². The molecule has 1 aromatic carbocycles. The van der Waals surface area contributed by atoms with Gasteiger partial charge in [-0.05, 0) is 37.8 Å². The molecule has 18 heavy (non-hydrogen) atoms. The third kappa shape index (κ3) is 9.39. The van der Waals surface area contributed by atoms with Gasteiger partial charge in [0.05, 0.1) is 0 Å². The Morgan fingerprint density at radius 3 is 1.44 bits per heavy atom. The molecule has 4 nitrogen and oxygen atoms in total. The van der Waals surface area contributed by atoms with Gasteiger partial charge in [-0.15, -0.1) is 0 Å². The lowest BCUT2D eigenvalue weighted by molar-refractivity contribution is -0.119. The van der Waals surface area contributed by atoms with Gasteiger partial charge in [0.15, 0.2) is 0 Å². The van der Waals surface area contributed by atoms with Crippen LogP contribution in [-0.4, -0.2) is 11.8 Å². The number of nitrogens with two attached hydrogens (primary N) is 2. The molecule has 4 N–H and O–H groups in total. The minimum atomic E-state index is -0.329. The third-order valence-electron chi connectivity index (χ3n) is 2.52. The lowest BCUT2D eigenvalue weighted by atomic mass is 10.1. The van der Waals surface area contributed by atoms with Crippen molar-refractivity contribution < 1.29 is 9.59 Å². The minimum Gasteiger partial charge on any atom is -0.370 e. The third-order valence-corrected chi connectivity index (χ3v) is 2.52. The van der Waals surface area contributed by atoms with Crippen molar-refractivity contribution in [3.63, 3.8) is 0 Å². The number of hydrogen-bond acceptors (Lipinski definition) is 2. The molecule has 2 amide bonds. The van der Waals surface area contributed by atoms with Crippen molar-refractivity contribution in [2.24, 2.45) is 11.5 Å². The van der Waals surface area contributed by atoms with Crippen LogP contribution in [0.4, 0.5) is 0 Å². The molecule has 4 heteroatoms. The minimum absolute atomic E-state index is 0.329. The normalized spacial score (nSPS) is 9.22. The molecule has 0 atom stereocenters. The quantitative estimate of drug-likeness (QED) is 0.781. The second kappa shape index (κ2) is 9.22. The number of unbranched alkanes of at least 4 members (excludes halogenated alkanes) is 1. The molecule has 0 saturated heterocycles. The first-order valence-corrected chi connectivity index (χ1v) is 6.02. The highest BCUT2D eigenvalue weighted by molar-refractivity contribution is 5.74. The standard InChI is InChI=1S/C8H10.C6H12N2O2/c1-7-5-3-4-6-8(7)2;7-5(9)3-1-2-4-6(8)10/h3-6H,1-2H3;1-4H2,(H2,7,9)(H2,8,10). The predicted molar refractivity (Wildman–Crippen MR) is 72.8 cm³/mol. The van der Waals surface area contributed by atoms with Gasteiger partial charge in [-0.3, -0.25) is 9.59 Å². The monoisotopic (exact) mass is 250 g/mol. The van der Waals surface area contributed by atoms with Gasteiger partial charge in [0.25, 0.3) is 0 Å². The summed E-state index contributed by atoms with van der Waals surface area (Å²) in [5.74, 6) is -0.658. The van der Waals surface area contributed by atoms with E-state index in [-0.39, 0.29) is 11.8 Å². The zero-order chi connectivity index (χ0) is 14.0. The van der Waals surface area contributed by atoms with Crippen molar-refractivity contribution >= 4 is 11.8 Å². The van der Waals surface area contributed by atoms with E-state index >= 15 is 0 Å². The van der Waals surface area contributed by atoms with Crippen LogP contribution < -0.4 is 11.5 Å². The van der Waals surface area contributed by atoms with Crippen LogP contribution >= 0.6 is 0 Å². The summed E-state index contributed by atoms with van der Waals surface area (Å²) in [4.78, 5) is 20.3. The van der Waals surface area contributed by atoms with Crippen LogP contribution in [0.3, 0.4) is 0 Å². The molecule has 0 radical (unpaired) electrons. The van der Waals surface area contributed by atoms with E-state index in [1.54, 1.807) is 0 Å². The van der Waals surface area contributed by atoms with E-state index < -0.39 is 0 Å². The topological polar surface area (TPSA) is 86.2 Å². The molecule has 0 spiro atoms. The van der Waals surface area contributed by atoms with Crippen molar-refractivity contribution in [3.05, 3.63) is 35.4 Å². The van der Waals surface area contributed by atoms with Crippen LogP contribution in [0.2, 0.25) is 0 Å². The zero-order valence-corrected chi connectivity index (χ0v) is 11.1. The van der Waals surface area contributed by atoms with Crippen LogP contribution in [-0.2, 0) is 9.59 Å². The summed E-state index contributed by atoms with van der Waals surface area (Å²) in [7, 11) is 0. The van der Waals surface area contributed by atoms with E-state index in [0.717, 1.165) is 0 Å². The lowest BCUT2D eigenvalue weighted by Gasteiger charge is -1.93. The van der Waals surface area contributed by atoms with Gasteiger partial charge in [0.1, 0.15) is 0 Å². The van der Waals surface area contributed by atoms with Gasteiger partial charge in [0, 0.05) is 12.8 Å². The molecular weight excluding hydrogens is 228 g/mol. The first-order chi connectivity index (χ1) is 8.43. The van der Waals surface area contributed by atoms with Crippen molar-refractivity contribution in [2.45, 2.75) is 39.5 Å². The lowest BCUT2D eigenvalue weighted by Crippen LogP contribution is -2.12. The first-order valence-electron chi connectivity index (χ1n) is 6.02. The SMILES string of the molecule is Cc1ccccc1C.NC(=O)CCCCC(N)=O. The number of amides is 2. The Morgan fingerprint density at radius 2 is 1.22 bits per heavy atom. The van der Waals surface area contributed by atoms with E-state index in [1.807, 2.05) is 0 Å². The van der Waals surface area contributed by atoms with Crippen LogP contribution in [0.1, 0.15) is 36.8 Å². The van der Waals surface area contributed by atoms with E-state index in [4.69, 9.17) is 11.5 Å². The Bertz CT molecular complexity index is 352. The van der Waals surface area contributed by atoms with Crippen molar-refractivity contribution in [2.75, 3.05) is 0 Å². The second-order valence-electron chi connectivity index (χ2n) is 4.22. The number of hydrogen-bond donors (Lipinski definition) is 2. The Kier molecular flexibility index (Phi) is 8.27. The number of carbonyl (C=O) groups is 2. The summed E-state index contributed by atoms with van der Waals surface area (Å²) in [5, 5.41) is 0. The fourth-order valence-corrected chi connectivity index (χ4v) is 1.26. The number of rotatable bonds is 5. The zero-order valence-electron chi connectivity index (χ0n) is 11.1. The molecule has 1 rings (SSSR count). The van der Waals surface area contributed by atoms with Gasteiger partial charge in [-0.25, -0.2) is 0 Å². The summed E-state index contributed by atoms with van der Waals surface area (Å²) in [6, 6.07) is 8.36. The predicted octanol–water partition coefficient (Wildman–Crippen LogP) is 1.82. The van der Waals surface area contributed by atoms with E-state index in [0.29, 0.717) is 25.7 Å². The van der Waals surface area contributed by atoms with Crippen molar-refractivity contribution in [3.8, 4) is 0 Å². The average molecular weight is 250 g/mol. The van der Waals surface area contributed by atoms with Gasteiger partial charge < -0.3 is 11.5 Å². The number of aryl methyl sites for hydroxylation is 2. The van der Waals surface area contributed by atoms with Crippen LogP contribution in [0.5, 0.6) is 0 Å². The fourth-order valence-electron chi connectivity index (χ4n) is 1.26. The van der Waals surface area contributed by atoms with Crippen LogP contribution in [0.25, 0.3) is 0 Å². The summed E-state index contributed by atoms with van der Waals surface area (Å²) < 4.78 is 0. The van der Waals surface area contributed by atoms with E-state index in [9.17, 15) is 9.59 Å². The second-order valence-corrected chi connectivity index (χ2v) is 4.22. The molecule has 0 saturated carbocycles. The molecule has 0 aliphatic heterocycles. The smallest absolute Gasteiger partial charge is 0.217 e. The van der Waals surface area contributed by atoms with E-state index in [1.165, 1.54) is 11.1 Å². The largest absolute Gasteiger partial charge is 0.370 e. The summed E-state index contributed by atoms with van der Waals surface area (Å²) in [6.07, 6.45) is 1.98. The molecule has 1 aromatic rings. The Morgan fingerprint density at radius 1 is 0.889 bits per heavy atom. The maximum atomic E-state index is 10.2. The molecule has 100 valence electrons. The highest BCUT2D eigenvalue weighted by Crippen LogP contribution is 2.02. The molecule has 0 heterocycles. The highest BCUT2D eigenvalue weighted by Gasteiger charge is 1.96. The Hall–Kier alpha value is -1.84. The molecule has 0 bridgehead atoms. The number of primary amides is 2. The van der Waals surface area contributed by atoms with Gasteiger partial charge in [0.2, 0.25) is 11.8 Å². The van der Waals surface area contributed by atoms with Crippen molar-refractivity contribution in [1.29, 1.82) is 0 Å². The molecule has 0 aromatic heterocycles. The Balaban J connectivity index is 0.000000327. The molecule has 0 aliphatic carbocycles. The summed E-state index contributed by atoms with van der Waals surface area (Å²) >= 11 is 0. The number of carbonyl (C=O) groups excluding carboxylic acids is 2. The summed E-state index contributed by atoms with van der Waals surface area (Å²) in [5.41, 5.74) is 12.4. The summed E-state index contributed by atoms with van der Waals surface area (Å²) in [6.45, 7) is 4.24. The van der Waals surface area contributed by atoms with Crippen LogP contribution in [0, 0.1) is 13.8 Å². The van der Waals surface area contributed by atoms with Crippen molar-refractivity contribution in [1.82, 2.24) is 0 Å². The molecule has 0 aliphatic rings. The maximum absolute atomic E-state index is 10.2. The first kappa shape index (κ1) is 16.2. The molecule has 0 unspecified atom stereocenters. The van der Waals surface area contributed by atoms with Gasteiger partial charge in [-0.1, -0.05) is 24.3 Å². The maximum Gasteiger partial charge on any atom is 0.217 e. The number of benzene rings is 1. The highest BCUT2D eigenvalue weighted by atomic mass is 16.1. The average Bonchev–Trinajstić information content (AvgIpc) is 2.29. The van der Waals surface area contributed by atoms with Crippen LogP contribution in [0.15, 0.2) is 24.3 Å². The fraction of sp³-hybridized carbons (Fsp3) is 0.429. The van der Waals surface area contributed by atoms with Gasteiger partial charge >= 0.3 is 0 Å². The van der Waals surface area contributed by atoms with E-state index in [2.05, 4.69) is 38.1 Å². The molecule has 0 fully saturated rings. The Labute approximate surface area is 108 Å².